The fourth-order valence-corrected chi connectivity index (χ4v) is 6.51. The molecule has 8 aromatic rings. The van der Waals surface area contributed by atoms with Crippen molar-refractivity contribution >= 4 is 89.6 Å². The Balaban J connectivity index is 0.00000455. The summed E-state index contributed by atoms with van der Waals surface area (Å²) in [7, 11) is 0. The quantitative estimate of drug-likeness (QED) is 0.0392. The Labute approximate surface area is 313 Å². The molecule has 0 amide bonds. The van der Waals surface area contributed by atoms with Gasteiger partial charge in [0.2, 0.25) is 0 Å². The standard InChI is InChI=1S/C32H6F16N8.Zn/c33-9-1-2(10(34)18(42)17(9)41)26-49-25(1)53-27-3-4(12(36)20(44)19(43)11(3)35)29(50-27)55-31-7-8(16(40)24(48)23(47)15(7)39)32(52-31)56-30-6-5(28(51-30)54-26)13(37)21(45)22(46)14(6)38;/h49,52-56H;/q-2;+2. The van der Waals surface area contributed by atoms with Crippen LogP contribution in [0.2, 0.25) is 0 Å². The summed E-state index contributed by atoms with van der Waals surface area (Å²) in [4.78, 5) is 11.6. The Kier molecular flexibility index (Phi) is 8.17. The van der Waals surface area contributed by atoms with Gasteiger partial charge in [-0.15, -0.1) is 0 Å². The zero-order valence-corrected chi connectivity index (χ0v) is 29.6. The number of aromatic amines is 2. The van der Waals surface area contributed by atoms with Gasteiger partial charge in [-0.2, -0.15) is 0 Å². The van der Waals surface area contributed by atoms with Crippen molar-refractivity contribution in [2.24, 2.45) is 0 Å². The molecule has 57 heavy (non-hydrogen) atoms. The van der Waals surface area contributed by atoms with E-state index in [1.807, 2.05) is 21.3 Å². The van der Waals surface area contributed by atoms with E-state index in [-0.39, 0.29) is 19.5 Å². The SMILES string of the molecule is Fc1c(F)c(F)c2c3[n-]c(c2c1F)Nc1[nH]c(c2c(F)c(F)c(F)c(F)c12)Nc1[n-]c(c2c(F)c(F)c(F)c(F)c12)Nc1[nH]c(c2c(F)c(F)c(F)c(F)c12)N3.[Zn+2]. The molecule has 0 spiro atoms. The van der Waals surface area contributed by atoms with Gasteiger partial charge in [-0.3, -0.25) is 0 Å². The number of fused-ring (bicyclic) bond motifs is 20. The van der Waals surface area contributed by atoms with Crippen LogP contribution in [-0.4, -0.2) is 9.97 Å². The number of hydrogen-bond donors (Lipinski definition) is 6. The molecule has 288 valence electrons. The Morgan fingerprint density at radius 1 is 0.228 bits per heavy atom. The minimum atomic E-state index is -2.49. The van der Waals surface area contributed by atoms with E-state index in [9.17, 15) is 35.1 Å². The van der Waals surface area contributed by atoms with Gasteiger partial charge in [-0.05, 0) is 0 Å². The van der Waals surface area contributed by atoms with Gasteiger partial charge >= 0.3 is 19.5 Å². The van der Waals surface area contributed by atoms with Crippen LogP contribution < -0.4 is 31.2 Å². The third kappa shape index (κ3) is 4.80. The molecule has 1 aliphatic heterocycles. The van der Waals surface area contributed by atoms with Crippen LogP contribution in [0, 0.1) is 93.1 Å². The van der Waals surface area contributed by atoms with Crippen LogP contribution in [0.5, 0.6) is 0 Å². The summed E-state index contributed by atoms with van der Waals surface area (Å²) in [6, 6.07) is 0. The van der Waals surface area contributed by atoms with E-state index in [1.165, 1.54) is 0 Å². The van der Waals surface area contributed by atoms with E-state index < -0.39 is 183 Å². The fraction of sp³-hybridized carbons (Fsp3) is 0. The maximum atomic E-state index is 15.5. The van der Waals surface area contributed by atoms with Gasteiger partial charge in [0, 0.05) is 44.8 Å². The minimum Gasteiger partial charge on any atom is -0.399 e. The first-order valence-corrected chi connectivity index (χ1v) is 14.9. The molecule has 1 aliphatic rings. The average Bonchev–Trinajstić information content (AvgIpc) is 3.92. The van der Waals surface area contributed by atoms with E-state index in [4.69, 9.17) is 0 Å². The predicted octanol–water partition coefficient (Wildman–Crippen LogP) is 10.4. The maximum absolute atomic E-state index is 15.5. The predicted molar refractivity (Wildman–Crippen MR) is 164 cm³/mol. The number of nitrogens with zero attached hydrogens (tertiary/aromatic N) is 2. The van der Waals surface area contributed by atoms with Crippen molar-refractivity contribution in [2.75, 3.05) is 21.3 Å². The van der Waals surface area contributed by atoms with Gasteiger partial charge in [0.1, 0.15) is 0 Å². The second-order valence-electron chi connectivity index (χ2n) is 11.9. The second-order valence-corrected chi connectivity index (χ2v) is 11.9. The van der Waals surface area contributed by atoms with E-state index in [0.29, 0.717) is 0 Å². The van der Waals surface area contributed by atoms with Gasteiger partial charge in [0.05, 0.1) is 44.8 Å². The zero-order valence-electron chi connectivity index (χ0n) is 26.6. The number of nitrogens with one attached hydrogen (secondary N) is 6. The van der Waals surface area contributed by atoms with Crippen molar-refractivity contribution in [3.8, 4) is 0 Å². The second kappa shape index (κ2) is 12.4. The van der Waals surface area contributed by atoms with Crippen molar-refractivity contribution < 1.29 is 89.7 Å². The van der Waals surface area contributed by atoms with Crippen molar-refractivity contribution in [2.45, 2.75) is 0 Å². The number of hydrogen-bond acceptors (Lipinski definition) is 4. The number of benzene rings is 4. The topological polar surface area (TPSA) is 108 Å². The fourth-order valence-electron chi connectivity index (χ4n) is 6.51. The molecular weight excluding hydrogens is 866 g/mol. The Morgan fingerprint density at radius 3 is 0.561 bits per heavy atom. The summed E-state index contributed by atoms with van der Waals surface area (Å²) in [6.45, 7) is 0. The van der Waals surface area contributed by atoms with Gasteiger partial charge in [0.25, 0.3) is 0 Å². The molecule has 4 aromatic heterocycles. The first-order valence-electron chi connectivity index (χ1n) is 14.9. The summed E-state index contributed by atoms with van der Waals surface area (Å²) >= 11 is 0. The zero-order chi connectivity index (χ0) is 40.1. The molecule has 0 atom stereocenters. The van der Waals surface area contributed by atoms with Gasteiger partial charge in [-0.1, -0.05) is 0 Å². The van der Waals surface area contributed by atoms with Crippen LogP contribution in [0.15, 0.2) is 0 Å². The first-order chi connectivity index (χ1) is 26.4. The largest absolute Gasteiger partial charge is 2.00 e. The van der Waals surface area contributed by atoms with Gasteiger partial charge < -0.3 is 41.2 Å². The van der Waals surface area contributed by atoms with Crippen LogP contribution in [0.4, 0.5) is 117 Å². The van der Waals surface area contributed by atoms with E-state index in [0.717, 1.165) is 0 Å². The maximum Gasteiger partial charge on any atom is 2.00 e. The summed E-state index contributed by atoms with van der Waals surface area (Å²) in [5.41, 5.74) is 0. The van der Waals surface area contributed by atoms with E-state index >= 15 is 35.1 Å². The van der Waals surface area contributed by atoms with Gasteiger partial charge in [0.15, 0.2) is 93.1 Å². The van der Waals surface area contributed by atoms with Crippen molar-refractivity contribution in [1.29, 1.82) is 0 Å². The van der Waals surface area contributed by atoms with E-state index in [1.54, 1.807) is 0 Å². The Bertz CT molecular complexity index is 2520. The molecule has 0 saturated carbocycles. The van der Waals surface area contributed by atoms with Crippen LogP contribution in [-0.2, 0) is 19.5 Å². The normalized spacial score (nSPS) is 12.6. The molecule has 0 unspecified atom stereocenters. The Morgan fingerprint density at radius 2 is 0.386 bits per heavy atom. The summed E-state index contributed by atoms with van der Waals surface area (Å²) in [6.07, 6.45) is 0. The van der Waals surface area contributed by atoms with Crippen molar-refractivity contribution in [3.05, 3.63) is 93.1 Å². The first kappa shape index (κ1) is 37.7. The van der Waals surface area contributed by atoms with Crippen LogP contribution in [0.3, 0.4) is 0 Å². The number of rotatable bonds is 0. The van der Waals surface area contributed by atoms with Crippen molar-refractivity contribution in [1.82, 2.24) is 19.9 Å². The summed E-state index contributed by atoms with van der Waals surface area (Å²) in [5.74, 6) is -47.0. The molecule has 0 aliphatic carbocycles. The van der Waals surface area contributed by atoms with Crippen LogP contribution in [0.25, 0.3) is 43.1 Å². The molecule has 9 rings (SSSR count). The van der Waals surface area contributed by atoms with Crippen molar-refractivity contribution in [3.63, 3.8) is 0 Å². The number of halogens is 16. The Hall–Kier alpha value is -6.26. The third-order valence-electron chi connectivity index (χ3n) is 8.94. The third-order valence-corrected chi connectivity index (χ3v) is 8.94. The smallest absolute Gasteiger partial charge is 0.399 e. The number of H-pyrrole nitrogens is 2. The molecule has 5 heterocycles. The summed E-state index contributed by atoms with van der Waals surface area (Å²) < 4.78 is 241. The minimum absolute atomic E-state index is 0. The average molecular weight is 872 g/mol. The van der Waals surface area contributed by atoms with Crippen LogP contribution >= 0.6 is 0 Å². The number of anilines is 8. The van der Waals surface area contributed by atoms with Gasteiger partial charge in [-0.25, -0.2) is 70.2 Å². The molecule has 0 saturated heterocycles. The summed E-state index contributed by atoms with van der Waals surface area (Å²) in [5, 5.41) is -2.84. The van der Waals surface area contributed by atoms with E-state index in [2.05, 4.69) is 19.9 Å². The molecule has 6 N–H and O–H groups in total. The molecule has 25 heteroatoms. The molecule has 8 bridgehead atoms. The molecule has 0 radical (unpaired) electrons. The molecule has 8 nitrogen and oxygen atoms in total. The molecule has 4 aromatic carbocycles. The molecule has 0 fully saturated rings. The number of aromatic nitrogens is 4. The van der Waals surface area contributed by atoms with Crippen LogP contribution in [0.1, 0.15) is 0 Å². The monoisotopic (exact) mass is 870 g/mol. The molecular formula is C32H6F16N8Zn.